The third-order valence-electron chi connectivity index (χ3n) is 3.54. The second-order valence-electron chi connectivity index (χ2n) is 5.05. The maximum atomic E-state index is 9.26. The van der Waals surface area contributed by atoms with Crippen LogP contribution in [0.25, 0.3) is 0 Å². The Labute approximate surface area is 129 Å². The second-order valence-corrected chi connectivity index (χ2v) is 5.05. The topological polar surface area (TPSA) is 74.3 Å². The molecule has 3 N–H and O–H groups in total. The first-order valence-electron chi connectivity index (χ1n) is 6.91. The number of nitrogens with two attached hydrogens (primary N) is 1. The Morgan fingerprint density at radius 2 is 1.73 bits per heavy atom. The highest BCUT2D eigenvalue weighted by Crippen LogP contribution is 2.32. The highest BCUT2D eigenvalue weighted by atomic mass is 16.5. The molecule has 5 nitrogen and oxygen atoms in total. The normalized spacial score (nSPS) is 17.9. The number of nitrogens with zero attached hydrogens (tertiary/aromatic N) is 2. The predicted molar refractivity (Wildman–Crippen MR) is 83.4 cm³/mol. The van der Waals surface area contributed by atoms with Crippen molar-refractivity contribution < 1.29 is 4.74 Å². The quantitative estimate of drug-likeness (QED) is 0.909. The van der Waals surface area contributed by atoms with Crippen LogP contribution in [-0.4, -0.2) is 12.1 Å². The molecule has 3 rings (SSSR count). The minimum atomic E-state index is -0.184. The van der Waals surface area contributed by atoms with E-state index in [4.69, 9.17) is 10.5 Å². The van der Waals surface area contributed by atoms with Crippen LogP contribution in [0.1, 0.15) is 11.6 Å². The van der Waals surface area contributed by atoms with Crippen LogP contribution in [0.4, 0.5) is 0 Å². The van der Waals surface area contributed by atoms with E-state index in [9.17, 15) is 5.26 Å². The molecule has 1 aliphatic rings. The average Bonchev–Trinajstić information content (AvgIpc) is 2.83. The number of nitrogens with one attached hydrogen (secondary N) is 1. The lowest BCUT2D eigenvalue weighted by molar-refractivity contribution is 0.246. The number of rotatable bonds is 3. The summed E-state index contributed by atoms with van der Waals surface area (Å²) in [5, 5.41) is 11.1. The Morgan fingerprint density at radius 1 is 1.09 bits per heavy atom. The molecule has 1 unspecified atom stereocenters. The van der Waals surface area contributed by atoms with Gasteiger partial charge in [0.1, 0.15) is 23.4 Å². The predicted octanol–water partition coefficient (Wildman–Crippen LogP) is 2.66. The van der Waals surface area contributed by atoms with Crippen LogP contribution in [0.15, 0.2) is 66.0 Å². The van der Waals surface area contributed by atoms with Gasteiger partial charge in [0.2, 0.25) is 0 Å². The highest BCUT2D eigenvalue weighted by molar-refractivity contribution is 5.43. The van der Waals surface area contributed by atoms with Gasteiger partial charge < -0.3 is 15.9 Å². The van der Waals surface area contributed by atoms with Gasteiger partial charge in [-0.25, -0.2) is 5.01 Å². The standard InChI is InChI=1S/C17H16N4O/c1-21-16(15(11-18)17(19)20-21)12-7-9-14(10-8-12)22-13-5-3-2-4-6-13/h2-10,16,20H,19H2,1H3. The van der Waals surface area contributed by atoms with Crippen molar-refractivity contribution in [1.29, 1.82) is 5.26 Å². The molecule has 1 atom stereocenters. The number of hydrogen-bond acceptors (Lipinski definition) is 5. The van der Waals surface area contributed by atoms with E-state index in [1.807, 2.05) is 66.7 Å². The van der Waals surface area contributed by atoms with Gasteiger partial charge in [-0.15, -0.1) is 0 Å². The highest BCUT2D eigenvalue weighted by Gasteiger charge is 2.30. The Balaban J connectivity index is 1.82. The Bertz CT molecular complexity index is 732. The first kappa shape index (κ1) is 14.0. The molecule has 110 valence electrons. The summed E-state index contributed by atoms with van der Waals surface area (Å²) < 4.78 is 5.77. The summed E-state index contributed by atoms with van der Waals surface area (Å²) in [5.74, 6) is 1.94. The number of likely N-dealkylation sites (N-methyl/N-ethyl adjacent to an activating group) is 1. The molecule has 0 bridgehead atoms. The van der Waals surface area contributed by atoms with Crippen molar-refractivity contribution in [3.8, 4) is 17.6 Å². The Morgan fingerprint density at radius 3 is 2.36 bits per heavy atom. The molecule has 1 heterocycles. The SMILES string of the molecule is CN1NC(N)=C(C#N)C1c1ccc(Oc2ccccc2)cc1. The molecule has 0 fully saturated rings. The summed E-state index contributed by atoms with van der Waals surface area (Å²) in [5.41, 5.74) is 10.3. The maximum Gasteiger partial charge on any atom is 0.127 e. The summed E-state index contributed by atoms with van der Waals surface area (Å²) in [4.78, 5) is 0. The molecule has 5 heteroatoms. The average molecular weight is 292 g/mol. The number of hydrogen-bond donors (Lipinski definition) is 2. The zero-order chi connectivity index (χ0) is 15.5. The van der Waals surface area contributed by atoms with Crippen LogP contribution in [0.3, 0.4) is 0 Å². The van der Waals surface area contributed by atoms with Crippen molar-refractivity contribution in [3.05, 3.63) is 71.6 Å². The Kier molecular flexibility index (Phi) is 3.69. The summed E-state index contributed by atoms with van der Waals surface area (Å²) >= 11 is 0. The van der Waals surface area contributed by atoms with E-state index in [1.54, 1.807) is 0 Å². The molecular weight excluding hydrogens is 276 g/mol. The molecule has 0 aliphatic carbocycles. The maximum absolute atomic E-state index is 9.26. The first-order valence-corrected chi connectivity index (χ1v) is 6.91. The van der Waals surface area contributed by atoms with Crippen molar-refractivity contribution in [3.63, 3.8) is 0 Å². The Hall–Kier alpha value is -2.97. The van der Waals surface area contributed by atoms with Gasteiger partial charge in [-0.2, -0.15) is 5.26 Å². The van der Waals surface area contributed by atoms with Gasteiger partial charge in [0, 0.05) is 7.05 Å². The molecule has 0 saturated carbocycles. The zero-order valence-corrected chi connectivity index (χ0v) is 12.2. The van der Waals surface area contributed by atoms with Gasteiger partial charge in [0.15, 0.2) is 0 Å². The van der Waals surface area contributed by atoms with Gasteiger partial charge in [-0.1, -0.05) is 30.3 Å². The summed E-state index contributed by atoms with van der Waals surface area (Å²) in [6.45, 7) is 0. The number of benzene rings is 2. The van der Waals surface area contributed by atoms with Crippen molar-refractivity contribution >= 4 is 0 Å². The lowest BCUT2D eigenvalue weighted by Crippen LogP contribution is -2.32. The summed E-state index contributed by atoms with van der Waals surface area (Å²) in [6, 6.07) is 19.2. The molecule has 1 aliphatic heterocycles. The fourth-order valence-corrected chi connectivity index (χ4v) is 2.51. The van der Waals surface area contributed by atoms with Crippen molar-refractivity contribution in [1.82, 2.24) is 10.4 Å². The second kappa shape index (κ2) is 5.80. The molecule has 0 saturated heterocycles. The minimum absolute atomic E-state index is 0.184. The molecule has 0 spiro atoms. The van der Waals surface area contributed by atoms with E-state index in [-0.39, 0.29) is 6.04 Å². The van der Waals surface area contributed by atoms with Crippen LogP contribution in [0.2, 0.25) is 0 Å². The molecule has 2 aromatic rings. The molecule has 0 amide bonds. The fourth-order valence-electron chi connectivity index (χ4n) is 2.51. The lowest BCUT2D eigenvalue weighted by atomic mass is 10.0. The largest absolute Gasteiger partial charge is 0.457 e. The van der Waals surface area contributed by atoms with Crippen molar-refractivity contribution in [2.75, 3.05) is 7.05 Å². The molecule has 2 aromatic carbocycles. The van der Waals surface area contributed by atoms with Crippen LogP contribution in [0.5, 0.6) is 11.5 Å². The van der Waals surface area contributed by atoms with E-state index in [0.717, 1.165) is 17.1 Å². The third-order valence-corrected chi connectivity index (χ3v) is 3.54. The van der Waals surface area contributed by atoms with Gasteiger partial charge in [0.25, 0.3) is 0 Å². The summed E-state index contributed by atoms with van der Waals surface area (Å²) in [6.07, 6.45) is 0. The smallest absolute Gasteiger partial charge is 0.127 e. The monoisotopic (exact) mass is 292 g/mol. The van der Waals surface area contributed by atoms with Crippen molar-refractivity contribution in [2.24, 2.45) is 5.73 Å². The minimum Gasteiger partial charge on any atom is -0.457 e. The van der Waals surface area contributed by atoms with Crippen molar-refractivity contribution in [2.45, 2.75) is 6.04 Å². The first-order chi connectivity index (χ1) is 10.7. The number of hydrazine groups is 1. The number of nitriles is 1. The van der Waals surface area contributed by atoms with Gasteiger partial charge in [-0.05, 0) is 29.8 Å². The van der Waals surface area contributed by atoms with Gasteiger partial charge >= 0.3 is 0 Å². The van der Waals surface area contributed by atoms with Crippen LogP contribution < -0.4 is 15.9 Å². The van der Waals surface area contributed by atoms with E-state index in [0.29, 0.717) is 11.4 Å². The van der Waals surface area contributed by atoms with E-state index in [2.05, 4.69) is 11.5 Å². The molecule has 0 radical (unpaired) electrons. The van der Waals surface area contributed by atoms with E-state index < -0.39 is 0 Å². The molecule has 22 heavy (non-hydrogen) atoms. The lowest BCUT2D eigenvalue weighted by Gasteiger charge is -2.20. The van der Waals surface area contributed by atoms with E-state index >= 15 is 0 Å². The van der Waals surface area contributed by atoms with Crippen LogP contribution in [0, 0.1) is 11.3 Å². The number of ether oxygens (including phenoxy) is 1. The number of para-hydroxylation sites is 1. The zero-order valence-electron chi connectivity index (χ0n) is 12.2. The van der Waals surface area contributed by atoms with Gasteiger partial charge in [-0.3, -0.25) is 0 Å². The van der Waals surface area contributed by atoms with E-state index in [1.165, 1.54) is 0 Å². The van der Waals surface area contributed by atoms with Crippen LogP contribution in [-0.2, 0) is 0 Å². The third kappa shape index (κ3) is 2.60. The molecular formula is C17H16N4O. The summed E-state index contributed by atoms with van der Waals surface area (Å²) in [7, 11) is 1.86. The fraction of sp³-hybridized carbons (Fsp3) is 0.118. The van der Waals surface area contributed by atoms with Gasteiger partial charge in [0.05, 0.1) is 11.6 Å². The van der Waals surface area contributed by atoms with Crippen LogP contribution >= 0.6 is 0 Å². The molecule has 0 aromatic heterocycles.